The predicted octanol–water partition coefficient (Wildman–Crippen LogP) is 4.00. The Bertz CT molecular complexity index is 338. The second kappa shape index (κ2) is 9.03. The zero-order chi connectivity index (χ0) is 13.2. The van der Waals surface area contributed by atoms with Crippen molar-refractivity contribution in [3.63, 3.8) is 0 Å². The highest BCUT2D eigenvalue weighted by Gasteiger charge is 2.17. The van der Waals surface area contributed by atoms with E-state index in [0.717, 1.165) is 17.7 Å². The van der Waals surface area contributed by atoms with Crippen LogP contribution < -0.4 is 0 Å². The lowest BCUT2D eigenvalue weighted by Gasteiger charge is -2.12. The summed E-state index contributed by atoms with van der Waals surface area (Å²) in [5.74, 6) is 0.253. The summed E-state index contributed by atoms with van der Waals surface area (Å²) in [7, 11) is 0. The first-order valence-corrected chi connectivity index (χ1v) is 7.67. The number of carbonyl (C=O) groups is 1. The van der Waals surface area contributed by atoms with Gasteiger partial charge in [0.2, 0.25) is 0 Å². The molecule has 0 spiro atoms. The summed E-state index contributed by atoms with van der Waals surface area (Å²) < 4.78 is 0. The number of aliphatic carboxylic acids is 1. The average Bonchev–Trinajstić information content (AvgIpc) is 2.38. The van der Waals surface area contributed by atoms with Gasteiger partial charge in [0.15, 0.2) is 0 Å². The monoisotopic (exact) mass is 266 g/mol. The third kappa shape index (κ3) is 6.10. The number of unbranched alkanes of at least 4 members (excludes halogenated alkanes) is 3. The summed E-state index contributed by atoms with van der Waals surface area (Å²) in [6.07, 6.45) is 5.42. The topological polar surface area (TPSA) is 37.3 Å². The Kier molecular flexibility index (Phi) is 7.58. The molecule has 0 fully saturated rings. The van der Waals surface area contributed by atoms with Crippen LogP contribution in [0.3, 0.4) is 0 Å². The van der Waals surface area contributed by atoms with E-state index in [1.165, 1.54) is 19.3 Å². The number of thioether (sulfide) groups is 1. The molecule has 0 radical (unpaired) electrons. The Morgan fingerprint density at radius 2 is 1.94 bits per heavy atom. The number of rotatable bonds is 9. The van der Waals surface area contributed by atoms with E-state index in [4.69, 9.17) is 0 Å². The molecule has 0 aromatic heterocycles. The molecule has 18 heavy (non-hydrogen) atoms. The summed E-state index contributed by atoms with van der Waals surface area (Å²) in [6.45, 7) is 2.18. The number of carboxylic acid groups (broad SMARTS) is 1. The van der Waals surface area contributed by atoms with E-state index in [9.17, 15) is 9.90 Å². The highest BCUT2D eigenvalue weighted by molar-refractivity contribution is 8.00. The van der Waals surface area contributed by atoms with Crippen LogP contribution in [0.1, 0.15) is 38.2 Å². The lowest BCUT2D eigenvalue weighted by molar-refractivity contribution is -0.136. The van der Waals surface area contributed by atoms with Crippen LogP contribution in [0.4, 0.5) is 0 Å². The lowest BCUT2D eigenvalue weighted by Crippen LogP contribution is -2.19. The van der Waals surface area contributed by atoms with Crippen LogP contribution in [0.25, 0.3) is 0 Å². The zero-order valence-corrected chi connectivity index (χ0v) is 11.8. The van der Waals surface area contributed by atoms with E-state index in [1.54, 1.807) is 11.8 Å². The smallest absolute Gasteiger partial charge is 0.316 e. The van der Waals surface area contributed by atoms with Gasteiger partial charge in [-0.1, -0.05) is 56.5 Å². The highest BCUT2D eigenvalue weighted by atomic mass is 32.2. The summed E-state index contributed by atoms with van der Waals surface area (Å²) in [5.41, 5.74) is 1.10. The van der Waals surface area contributed by atoms with Gasteiger partial charge in [0.25, 0.3) is 0 Å². The number of hydrogen-bond acceptors (Lipinski definition) is 2. The second-order valence-electron chi connectivity index (χ2n) is 4.45. The minimum atomic E-state index is -0.695. The Hall–Kier alpha value is -0.960. The molecule has 1 N–H and O–H groups in total. The van der Waals surface area contributed by atoms with Gasteiger partial charge in [0.05, 0.1) is 0 Å². The first-order valence-electron chi connectivity index (χ1n) is 6.62. The van der Waals surface area contributed by atoms with Gasteiger partial charge in [-0.3, -0.25) is 4.79 Å². The molecule has 1 aromatic carbocycles. The van der Waals surface area contributed by atoms with Gasteiger partial charge in [-0.25, -0.2) is 0 Å². The molecule has 1 rings (SSSR count). The Balaban J connectivity index is 2.34. The van der Waals surface area contributed by atoms with Crippen LogP contribution in [0, 0.1) is 0 Å². The van der Waals surface area contributed by atoms with Gasteiger partial charge >= 0.3 is 5.97 Å². The normalized spacial score (nSPS) is 12.3. The maximum absolute atomic E-state index is 11.2. The SMILES string of the molecule is CCCCCCSC(Cc1ccccc1)C(=O)O. The summed E-state index contributed by atoms with van der Waals surface area (Å²) in [4.78, 5) is 11.2. The molecule has 0 amide bonds. The summed E-state index contributed by atoms with van der Waals surface area (Å²) >= 11 is 1.58. The van der Waals surface area contributed by atoms with E-state index in [2.05, 4.69) is 6.92 Å². The van der Waals surface area contributed by atoms with Crippen LogP contribution in [-0.4, -0.2) is 22.1 Å². The minimum absolute atomic E-state index is 0.311. The maximum atomic E-state index is 11.2. The summed E-state index contributed by atoms with van der Waals surface area (Å²) in [6, 6.07) is 9.86. The molecular weight excluding hydrogens is 244 g/mol. The fourth-order valence-corrected chi connectivity index (χ4v) is 2.91. The van der Waals surface area contributed by atoms with Crippen molar-refractivity contribution in [2.45, 2.75) is 44.3 Å². The van der Waals surface area contributed by atoms with Crippen molar-refractivity contribution in [2.24, 2.45) is 0 Å². The Morgan fingerprint density at radius 3 is 2.56 bits per heavy atom. The molecule has 1 aromatic rings. The van der Waals surface area contributed by atoms with Crippen LogP contribution in [-0.2, 0) is 11.2 Å². The molecule has 2 nitrogen and oxygen atoms in total. The van der Waals surface area contributed by atoms with Crippen molar-refractivity contribution in [2.75, 3.05) is 5.75 Å². The lowest BCUT2D eigenvalue weighted by atomic mass is 10.1. The van der Waals surface area contributed by atoms with Crippen LogP contribution in [0.15, 0.2) is 30.3 Å². The Morgan fingerprint density at radius 1 is 1.22 bits per heavy atom. The molecule has 0 bridgehead atoms. The fraction of sp³-hybridized carbons (Fsp3) is 0.533. The van der Waals surface area contributed by atoms with Gasteiger partial charge in [-0.15, -0.1) is 11.8 Å². The molecule has 3 heteroatoms. The third-order valence-corrected chi connectivity index (χ3v) is 4.15. The molecule has 100 valence electrons. The number of carboxylic acids is 1. The first-order chi connectivity index (χ1) is 8.74. The van der Waals surface area contributed by atoms with Crippen molar-refractivity contribution >= 4 is 17.7 Å². The van der Waals surface area contributed by atoms with Gasteiger partial charge in [-0.05, 0) is 24.2 Å². The molecule has 0 aliphatic rings. The van der Waals surface area contributed by atoms with E-state index in [-0.39, 0.29) is 5.25 Å². The van der Waals surface area contributed by atoms with Gasteiger partial charge in [0.1, 0.15) is 5.25 Å². The molecule has 0 aliphatic carbocycles. The molecule has 1 unspecified atom stereocenters. The number of hydrogen-bond donors (Lipinski definition) is 1. The van der Waals surface area contributed by atoms with E-state index < -0.39 is 5.97 Å². The molecular formula is C15H22O2S. The van der Waals surface area contributed by atoms with Crippen molar-refractivity contribution in [3.05, 3.63) is 35.9 Å². The number of benzene rings is 1. The second-order valence-corrected chi connectivity index (χ2v) is 5.76. The molecule has 1 atom stereocenters. The van der Waals surface area contributed by atoms with Gasteiger partial charge < -0.3 is 5.11 Å². The van der Waals surface area contributed by atoms with Crippen molar-refractivity contribution in [3.8, 4) is 0 Å². The predicted molar refractivity (Wildman–Crippen MR) is 78.2 cm³/mol. The zero-order valence-electron chi connectivity index (χ0n) is 11.0. The largest absolute Gasteiger partial charge is 0.480 e. The quantitative estimate of drug-likeness (QED) is 0.687. The average molecular weight is 266 g/mol. The van der Waals surface area contributed by atoms with E-state index in [0.29, 0.717) is 6.42 Å². The molecule has 0 saturated carbocycles. The van der Waals surface area contributed by atoms with E-state index in [1.807, 2.05) is 30.3 Å². The van der Waals surface area contributed by atoms with Crippen LogP contribution in [0.5, 0.6) is 0 Å². The maximum Gasteiger partial charge on any atom is 0.316 e. The molecule has 0 aliphatic heterocycles. The minimum Gasteiger partial charge on any atom is -0.480 e. The standard InChI is InChI=1S/C15H22O2S/c1-2-3-4-8-11-18-14(15(16)17)12-13-9-6-5-7-10-13/h5-7,9-10,14H,2-4,8,11-12H2,1H3,(H,16,17). The van der Waals surface area contributed by atoms with Crippen molar-refractivity contribution in [1.29, 1.82) is 0 Å². The fourth-order valence-electron chi connectivity index (χ4n) is 1.80. The third-order valence-electron chi connectivity index (χ3n) is 2.86. The highest BCUT2D eigenvalue weighted by Crippen LogP contribution is 2.19. The first kappa shape index (κ1) is 15.1. The van der Waals surface area contributed by atoms with Crippen molar-refractivity contribution < 1.29 is 9.90 Å². The van der Waals surface area contributed by atoms with E-state index >= 15 is 0 Å². The molecule has 0 saturated heterocycles. The van der Waals surface area contributed by atoms with Crippen LogP contribution in [0.2, 0.25) is 0 Å². The summed E-state index contributed by atoms with van der Waals surface area (Å²) in [5, 5.41) is 8.91. The molecule has 0 heterocycles. The van der Waals surface area contributed by atoms with Crippen LogP contribution >= 0.6 is 11.8 Å². The van der Waals surface area contributed by atoms with Gasteiger partial charge in [-0.2, -0.15) is 0 Å². The van der Waals surface area contributed by atoms with Crippen molar-refractivity contribution in [1.82, 2.24) is 0 Å². The Labute approximate surface area is 114 Å². The van der Waals surface area contributed by atoms with Gasteiger partial charge in [0, 0.05) is 0 Å².